The van der Waals surface area contributed by atoms with Gasteiger partial charge >= 0.3 is 0 Å². The Bertz CT molecular complexity index is 168. The fraction of sp³-hybridized carbons (Fsp3) is 0.857. The normalized spacial score (nSPS) is 24.5. The molecule has 0 aromatic rings. The van der Waals surface area contributed by atoms with Crippen LogP contribution in [0, 0.1) is 5.92 Å². The van der Waals surface area contributed by atoms with E-state index in [-0.39, 0.29) is 24.9 Å². The average Bonchev–Trinajstić information content (AvgIpc) is 2.52. The molecule has 1 fully saturated rings. The van der Waals surface area contributed by atoms with Crippen molar-refractivity contribution in [1.82, 2.24) is 5.32 Å². The van der Waals surface area contributed by atoms with Crippen molar-refractivity contribution in [2.75, 3.05) is 32.9 Å². The van der Waals surface area contributed by atoms with E-state index in [2.05, 4.69) is 10.5 Å². The van der Waals surface area contributed by atoms with E-state index in [1.807, 2.05) is 0 Å². The molecule has 1 atom stereocenters. The summed E-state index contributed by atoms with van der Waals surface area (Å²) >= 11 is 0. The molecule has 1 aliphatic heterocycles. The average molecular weight is 212 g/mol. The Morgan fingerprint density at radius 1 is 1.69 bits per heavy atom. The van der Waals surface area contributed by atoms with Crippen LogP contribution in [0.2, 0.25) is 0 Å². The van der Waals surface area contributed by atoms with Gasteiger partial charge in [-0.25, -0.2) is 4.39 Å². The van der Waals surface area contributed by atoms with Gasteiger partial charge in [0.1, 0.15) is 13.3 Å². The van der Waals surface area contributed by atoms with Crippen LogP contribution < -0.4 is 11.1 Å². The number of nitrogens with zero attached hydrogens (tertiary/aromatic N) is 1. The van der Waals surface area contributed by atoms with Crippen molar-refractivity contribution in [2.24, 2.45) is 16.8 Å². The quantitative estimate of drug-likeness (QED) is 0.506. The van der Waals surface area contributed by atoms with Crippen LogP contribution in [0.25, 0.3) is 0 Å². The van der Waals surface area contributed by atoms with Crippen LogP contribution in [-0.4, -0.2) is 38.6 Å². The van der Waals surface area contributed by atoms with E-state index in [0.29, 0.717) is 13.1 Å². The molecular formula is C7H15ClFN3O. The van der Waals surface area contributed by atoms with Gasteiger partial charge in [-0.1, -0.05) is 5.16 Å². The van der Waals surface area contributed by atoms with Crippen molar-refractivity contribution in [3.63, 3.8) is 0 Å². The smallest absolute Gasteiger partial charge is 0.145 e. The van der Waals surface area contributed by atoms with Crippen molar-refractivity contribution in [2.45, 2.75) is 0 Å². The van der Waals surface area contributed by atoms with Crippen molar-refractivity contribution in [3.05, 3.63) is 0 Å². The Labute approximate surface area is 83.1 Å². The zero-order valence-corrected chi connectivity index (χ0v) is 8.15. The summed E-state index contributed by atoms with van der Waals surface area (Å²) in [5.41, 5.74) is 6.37. The summed E-state index contributed by atoms with van der Waals surface area (Å²) in [7, 11) is 0. The van der Waals surface area contributed by atoms with E-state index >= 15 is 0 Å². The second-order valence-corrected chi connectivity index (χ2v) is 2.67. The van der Waals surface area contributed by atoms with E-state index in [9.17, 15) is 4.39 Å². The SMILES string of the molecule is Cl.NCC1CNCC1=NOCCF. The van der Waals surface area contributed by atoms with Gasteiger partial charge in [-0.15, -0.1) is 12.4 Å². The number of alkyl halides is 1. The molecule has 78 valence electrons. The molecule has 0 spiro atoms. The molecule has 1 rings (SSSR count). The predicted molar refractivity (Wildman–Crippen MR) is 52.0 cm³/mol. The number of oxime groups is 1. The van der Waals surface area contributed by atoms with Crippen LogP contribution in [0.3, 0.4) is 0 Å². The monoisotopic (exact) mass is 211 g/mol. The van der Waals surface area contributed by atoms with Gasteiger partial charge in [-0.2, -0.15) is 0 Å². The zero-order chi connectivity index (χ0) is 8.81. The predicted octanol–water partition coefficient (Wildman–Crippen LogP) is -0.0716. The lowest BCUT2D eigenvalue weighted by molar-refractivity contribution is 0.126. The molecule has 1 aliphatic rings. The molecule has 3 N–H and O–H groups in total. The Kier molecular flexibility index (Phi) is 6.84. The van der Waals surface area contributed by atoms with Gasteiger partial charge in [-0.05, 0) is 0 Å². The summed E-state index contributed by atoms with van der Waals surface area (Å²) in [5.74, 6) is 0.254. The van der Waals surface area contributed by atoms with Crippen LogP contribution in [0.15, 0.2) is 5.16 Å². The lowest BCUT2D eigenvalue weighted by Gasteiger charge is -2.04. The summed E-state index contributed by atoms with van der Waals surface area (Å²) in [6.07, 6.45) is 0. The minimum absolute atomic E-state index is 0. The van der Waals surface area contributed by atoms with Gasteiger partial charge in [0.05, 0.1) is 5.71 Å². The summed E-state index contributed by atoms with van der Waals surface area (Å²) in [4.78, 5) is 4.72. The van der Waals surface area contributed by atoms with Gasteiger partial charge in [-0.3, -0.25) is 0 Å². The molecule has 0 aliphatic carbocycles. The maximum Gasteiger partial charge on any atom is 0.145 e. The highest BCUT2D eigenvalue weighted by Gasteiger charge is 2.20. The molecule has 0 aromatic carbocycles. The number of nitrogens with two attached hydrogens (primary N) is 1. The molecule has 1 unspecified atom stereocenters. The molecule has 0 aromatic heterocycles. The lowest BCUT2D eigenvalue weighted by atomic mass is 10.1. The number of rotatable bonds is 4. The maximum atomic E-state index is 11.6. The van der Waals surface area contributed by atoms with E-state index in [4.69, 9.17) is 10.6 Å². The first-order chi connectivity index (χ1) is 5.88. The van der Waals surface area contributed by atoms with Crippen LogP contribution in [-0.2, 0) is 4.84 Å². The fourth-order valence-corrected chi connectivity index (χ4v) is 1.13. The van der Waals surface area contributed by atoms with E-state index < -0.39 is 6.67 Å². The summed E-state index contributed by atoms with van der Waals surface area (Å²) < 4.78 is 11.6. The number of nitrogens with one attached hydrogen (secondary N) is 1. The standard InChI is InChI=1S/C7H14FN3O.ClH/c8-1-2-12-11-7-5-10-4-6(7)3-9;/h6,10H,1-5,9H2;1H. The molecule has 1 heterocycles. The third-order valence-corrected chi connectivity index (χ3v) is 1.80. The second kappa shape index (κ2) is 7.06. The summed E-state index contributed by atoms with van der Waals surface area (Å²) in [6, 6.07) is 0. The molecule has 0 saturated carbocycles. The maximum absolute atomic E-state index is 11.6. The van der Waals surface area contributed by atoms with Gasteiger partial charge in [0.2, 0.25) is 0 Å². The highest BCUT2D eigenvalue weighted by molar-refractivity contribution is 5.90. The summed E-state index contributed by atoms with van der Waals surface area (Å²) in [5, 5.41) is 6.92. The van der Waals surface area contributed by atoms with Gasteiger partial charge in [0.25, 0.3) is 0 Å². The molecule has 0 amide bonds. The van der Waals surface area contributed by atoms with Crippen molar-refractivity contribution in [3.8, 4) is 0 Å². The third-order valence-electron chi connectivity index (χ3n) is 1.80. The molecule has 0 bridgehead atoms. The molecule has 1 saturated heterocycles. The second-order valence-electron chi connectivity index (χ2n) is 2.67. The van der Waals surface area contributed by atoms with Crippen LogP contribution in [0.5, 0.6) is 0 Å². The van der Waals surface area contributed by atoms with Gasteiger partial charge in [0.15, 0.2) is 0 Å². The Morgan fingerprint density at radius 3 is 3.08 bits per heavy atom. The molecular weight excluding hydrogens is 197 g/mol. The fourth-order valence-electron chi connectivity index (χ4n) is 1.13. The van der Waals surface area contributed by atoms with Gasteiger partial charge < -0.3 is 15.9 Å². The molecule has 13 heavy (non-hydrogen) atoms. The van der Waals surface area contributed by atoms with Crippen molar-refractivity contribution in [1.29, 1.82) is 0 Å². The number of hydrogen-bond donors (Lipinski definition) is 2. The number of hydrogen-bond acceptors (Lipinski definition) is 4. The first-order valence-electron chi connectivity index (χ1n) is 4.04. The number of halogens is 2. The van der Waals surface area contributed by atoms with E-state index in [1.165, 1.54) is 0 Å². The van der Waals surface area contributed by atoms with E-state index in [0.717, 1.165) is 12.3 Å². The minimum Gasteiger partial charge on any atom is -0.393 e. The topological polar surface area (TPSA) is 59.6 Å². The Hall–Kier alpha value is -0.390. The molecule has 0 radical (unpaired) electrons. The van der Waals surface area contributed by atoms with E-state index in [1.54, 1.807) is 0 Å². The Morgan fingerprint density at radius 2 is 2.46 bits per heavy atom. The van der Waals surface area contributed by atoms with Crippen LogP contribution >= 0.6 is 12.4 Å². The molecule has 6 heteroatoms. The minimum atomic E-state index is -0.502. The highest BCUT2D eigenvalue weighted by Crippen LogP contribution is 2.03. The Balaban J connectivity index is 0.00000144. The summed E-state index contributed by atoms with van der Waals surface area (Å²) in [6.45, 7) is 1.63. The first-order valence-corrected chi connectivity index (χ1v) is 4.04. The van der Waals surface area contributed by atoms with Crippen LogP contribution in [0.4, 0.5) is 4.39 Å². The van der Waals surface area contributed by atoms with Crippen LogP contribution in [0.1, 0.15) is 0 Å². The lowest BCUT2D eigenvalue weighted by Crippen LogP contribution is -2.22. The first kappa shape index (κ1) is 12.6. The van der Waals surface area contributed by atoms with Crippen molar-refractivity contribution < 1.29 is 9.23 Å². The third kappa shape index (κ3) is 3.89. The largest absolute Gasteiger partial charge is 0.393 e. The molecule has 4 nitrogen and oxygen atoms in total. The highest BCUT2D eigenvalue weighted by atomic mass is 35.5. The van der Waals surface area contributed by atoms with Gasteiger partial charge in [0, 0.05) is 25.6 Å². The zero-order valence-electron chi connectivity index (χ0n) is 7.33. The van der Waals surface area contributed by atoms with Crippen molar-refractivity contribution >= 4 is 18.1 Å².